The van der Waals surface area contributed by atoms with Crippen LogP contribution >= 0.6 is 0 Å². The third-order valence-electron chi connectivity index (χ3n) is 2.84. The first-order valence-electron chi connectivity index (χ1n) is 5.47. The van der Waals surface area contributed by atoms with E-state index < -0.39 is 12.3 Å². The summed E-state index contributed by atoms with van der Waals surface area (Å²) in [7, 11) is 2.77. The Balaban J connectivity index is 2.24. The highest BCUT2D eigenvalue weighted by molar-refractivity contribution is 5.89. The molecular weight excluding hydrogens is 228 g/mol. The number of rotatable bonds is 2. The largest absolute Gasteiger partial charge is 0.468 e. The Morgan fingerprint density at radius 3 is 2.82 bits per heavy atom. The molecule has 2 aliphatic rings. The topological polar surface area (TPSA) is 63.2 Å². The Labute approximate surface area is 99.4 Å². The molecule has 3 atom stereocenters. The standard InChI is InChI=1S/C11H16O6/c1-6-15-5-4-7-8(9(12)13-2)11(14-3)17-10(7)16-6/h6-7,10H,4-5H2,1-3H3. The fourth-order valence-corrected chi connectivity index (χ4v) is 2.03. The van der Waals surface area contributed by atoms with Crippen LogP contribution in [0.1, 0.15) is 13.3 Å². The van der Waals surface area contributed by atoms with Gasteiger partial charge in [0.05, 0.1) is 26.7 Å². The Morgan fingerprint density at radius 2 is 2.18 bits per heavy atom. The van der Waals surface area contributed by atoms with Gasteiger partial charge in [0.25, 0.3) is 5.95 Å². The molecule has 0 bridgehead atoms. The monoisotopic (exact) mass is 244 g/mol. The van der Waals surface area contributed by atoms with Crippen molar-refractivity contribution in [1.29, 1.82) is 0 Å². The van der Waals surface area contributed by atoms with Crippen molar-refractivity contribution < 1.29 is 28.5 Å². The van der Waals surface area contributed by atoms with Crippen LogP contribution in [0.2, 0.25) is 0 Å². The normalized spacial score (nSPS) is 32.5. The lowest BCUT2D eigenvalue weighted by Crippen LogP contribution is -2.26. The second kappa shape index (κ2) is 4.93. The number of esters is 1. The van der Waals surface area contributed by atoms with Gasteiger partial charge in [-0.25, -0.2) is 4.79 Å². The maximum atomic E-state index is 11.7. The van der Waals surface area contributed by atoms with Crippen LogP contribution in [0.5, 0.6) is 0 Å². The number of carbonyl (C=O) groups is 1. The van der Waals surface area contributed by atoms with E-state index in [4.69, 9.17) is 23.7 Å². The van der Waals surface area contributed by atoms with E-state index in [1.165, 1.54) is 14.2 Å². The lowest BCUT2D eigenvalue weighted by atomic mass is 9.97. The van der Waals surface area contributed by atoms with E-state index in [-0.39, 0.29) is 18.2 Å². The molecule has 0 saturated carbocycles. The summed E-state index contributed by atoms with van der Waals surface area (Å²) >= 11 is 0. The summed E-state index contributed by atoms with van der Waals surface area (Å²) in [6, 6.07) is 0. The van der Waals surface area contributed by atoms with E-state index in [2.05, 4.69) is 0 Å². The van der Waals surface area contributed by atoms with E-state index in [1.807, 2.05) is 0 Å². The number of ether oxygens (including phenoxy) is 5. The average Bonchev–Trinajstić information content (AvgIpc) is 2.56. The van der Waals surface area contributed by atoms with Crippen molar-refractivity contribution in [3.8, 4) is 0 Å². The van der Waals surface area contributed by atoms with E-state index in [0.717, 1.165) is 0 Å². The zero-order chi connectivity index (χ0) is 12.4. The van der Waals surface area contributed by atoms with Crippen LogP contribution in [-0.4, -0.2) is 39.4 Å². The van der Waals surface area contributed by atoms with Crippen molar-refractivity contribution in [3.63, 3.8) is 0 Å². The van der Waals surface area contributed by atoms with Crippen molar-refractivity contribution in [2.75, 3.05) is 20.8 Å². The number of hydrogen-bond acceptors (Lipinski definition) is 6. The molecule has 0 aromatic heterocycles. The Kier molecular flexibility index (Phi) is 3.54. The molecule has 2 aliphatic heterocycles. The molecule has 3 unspecified atom stereocenters. The molecule has 0 aromatic rings. The SMILES string of the molecule is COC(=O)C1=C(OC)OC2OC(C)OCCC12. The first-order valence-corrected chi connectivity index (χ1v) is 5.47. The van der Waals surface area contributed by atoms with Gasteiger partial charge in [-0.15, -0.1) is 0 Å². The predicted octanol–water partition coefficient (Wildman–Crippen LogP) is 0.773. The molecule has 0 radical (unpaired) electrons. The average molecular weight is 244 g/mol. The lowest BCUT2D eigenvalue weighted by Gasteiger charge is -2.18. The molecular formula is C11H16O6. The van der Waals surface area contributed by atoms with Crippen LogP contribution in [0, 0.1) is 5.92 Å². The highest BCUT2D eigenvalue weighted by Gasteiger charge is 2.44. The highest BCUT2D eigenvalue weighted by atomic mass is 16.8. The zero-order valence-electron chi connectivity index (χ0n) is 10.1. The number of fused-ring (bicyclic) bond motifs is 1. The third-order valence-corrected chi connectivity index (χ3v) is 2.84. The summed E-state index contributed by atoms with van der Waals surface area (Å²) in [5.74, 6) is -0.476. The van der Waals surface area contributed by atoms with Gasteiger partial charge in [0, 0.05) is 0 Å². The van der Waals surface area contributed by atoms with Gasteiger partial charge in [0.15, 0.2) is 6.29 Å². The van der Waals surface area contributed by atoms with Gasteiger partial charge in [-0.1, -0.05) is 0 Å². The van der Waals surface area contributed by atoms with Gasteiger partial charge in [-0.3, -0.25) is 0 Å². The maximum Gasteiger partial charge on any atom is 0.341 e. The van der Waals surface area contributed by atoms with Crippen LogP contribution in [-0.2, 0) is 28.5 Å². The molecule has 1 fully saturated rings. The van der Waals surface area contributed by atoms with Crippen LogP contribution in [0.3, 0.4) is 0 Å². The number of methoxy groups -OCH3 is 2. The zero-order valence-corrected chi connectivity index (χ0v) is 10.1. The second-order valence-electron chi connectivity index (χ2n) is 3.85. The van der Waals surface area contributed by atoms with Crippen molar-refractivity contribution in [3.05, 3.63) is 11.5 Å². The van der Waals surface area contributed by atoms with Crippen molar-refractivity contribution in [1.82, 2.24) is 0 Å². The molecule has 1 saturated heterocycles. The number of carbonyl (C=O) groups excluding carboxylic acids is 1. The molecule has 0 spiro atoms. The smallest absolute Gasteiger partial charge is 0.341 e. The van der Waals surface area contributed by atoms with Crippen molar-refractivity contribution >= 4 is 5.97 Å². The van der Waals surface area contributed by atoms with E-state index in [0.29, 0.717) is 18.6 Å². The fraction of sp³-hybridized carbons (Fsp3) is 0.727. The van der Waals surface area contributed by atoms with Crippen LogP contribution in [0.15, 0.2) is 11.5 Å². The molecule has 0 N–H and O–H groups in total. The Bertz CT molecular complexity index is 337. The van der Waals surface area contributed by atoms with Gasteiger partial charge in [0.1, 0.15) is 5.57 Å². The Morgan fingerprint density at radius 1 is 1.41 bits per heavy atom. The molecule has 96 valence electrons. The highest BCUT2D eigenvalue weighted by Crippen LogP contribution is 2.37. The summed E-state index contributed by atoms with van der Waals surface area (Å²) in [6.07, 6.45) is -0.275. The summed E-state index contributed by atoms with van der Waals surface area (Å²) in [5.41, 5.74) is 0.387. The molecule has 2 rings (SSSR count). The minimum Gasteiger partial charge on any atom is -0.468 e. The molecule has 6 nitrogen and oxygen atoms in total. The summed E-state index contributed by atoms with van der Waals surface area (Å²) < 4.78 is 26.1. The minimum absolute atomic E-state index is 0.181. The van der Waals surface area contributed by atoms with Gasteiger partial charge < -0.3 is 23.7 Å². The molecule has 2 heterocycles. The van der Waals surface area contributed by atoms with E-state index in [9.17, 15) is 4.79 Å². The van der Waals surface area contributed by atoms with Crippen LogP contribution in [0.25, 0.3) is 0 Å². The van der Waals surface area contributed by atoms with Gasteiger partial charge >= 0.3 is 5.97 Å². The first kappa shape index (κ1) is 12.2. The quantitative estimate of drug-likeness (QED) is 0.669. The van der Waals surface area contributed by atoms with E-state index >= 15 is 0 Å². The predicted molar refractivity (Wildman–Crippen MR) is 55.5 cm³/mol. The van der Waals surface area contributed by atoms with Gasteiger partial charge in [-0.2, -0.15) is 0 Å². The van der Waals surface area contributed by atoms with Gasteiger partial charge in [0.2, 0.25) is 6.29 Å². The minimum atomic E-state index is -0.545. The van der Waals surface area contributed by atoms with Crippen LogP contribution in [0.4, 0.5) is 0 Å². The molecule has 17 heavy (non-hydrogen) atoms. The molecule has 0 amide bonds. The van der Waals surface area contributed by atoms with Crippen molar-refractivity contribution in [2.45, 2.75) is 25.9 Å². The third kappa shape index (κ3) is 2.23. The summed E-state index contributed by atoms with van der Waals surface area (Å²) in [5, 5.41) is 0. The van der Waals surface area contributed by atoms with Crippen LogP contribution < -0.4 is 0 Å². The molecule has 0 aliphatic carbocycles. The Hall–Kier alpha value is -1.27. The molecule has 6 heteroatoms. The molecule has 0 aromatic carbocycles. The summed E-state index contributed by atoms with van der Waals surface area (Å²) in [4.78, 5) is 11.7. The first-order chi connectivity index (χ1) is 8.17. The maximum absolute atomic E-state index is 11.7. The van der Waals surface area contributed by atoms with Gasteiger partial charge in [-0.05, 0) is 13.3 Å². The lowest BCUT2D eigenvalue weighted by molar-refractivity contribution is -0.221. The second-order valence-corrected chi connectivity index (χ2v) is 3.85. The fourth-order valence-electron chi connectivity index (χ4n) is 2.03. The van der Waals surface area contributed by atoms with E-state index in [1.54, 1.807) is 6.92 Å². The summed E-state index contributed by atoms with van der Waals surface area (Å²) in [6.45, 7) is 2.29. The van der Waals surface area contributed by atoms with Crippen molar-refractivity contribution in [2.24, 2.45) is 5.92 Å². The number of hydrogen-bond donors (Lipinski definition) is 0.